The van der Waals surface area contributed by atoms with Crippen LogP contribution in [-0.4, -0.2) is 48.6 Å². The topological polar surface area (TPSA) is 32.3 Å². The molecule has 1 aliphatic heterocycles. The highest BCUT2D eigenvalue weighted by Crippen LogP contribution is 2.27. The molecule has 1 aromatic heterocycles. The van der Waals surface area contributed by atoms with Crippen molar-refractivity contribution < 1.29 is 0 Å². The average molecular weight is 234 g/mol. The molecule has 4 nitrogen and oxygen atoms in total. The Balaban J connectivity index is 2.21. The predicted octanol–water partition coefficient (Wildman–Crippen LogP) is 1.66. The second-order valence-corrected chi connectivity index (χ2v) is 4.97. The smallest absolute Gasteiger partial charge is 0.132 e. The summed E-state index contributed by atoms with van der Waals surface area (Å²) in [6.45, 7) is 7.67. The Hall–Kier alpha value is -1.16. The first-order chi connectivity index (χ1) is 8.10. The van der Waals surface area contributed by atoms with Crippen LogP contribution < -0.4 is 4.90 Å². The van der Waals surface area contributed by atoms with Crippen LogP contribution in [0.4, 0.5) is 5.82 Å². The summed E-state index contributed by atoms with van der Waals surface area (Å²) in [6.07, 6.45) is 1.22. The molecule has 1 aromatic rings. The molecule has 2 heterocycles. The fourth-order valence-corrected chi connectivity index (χ4v) is 2.37. The van der Waals surface area contributed by atoms with Gasteiger partial charge in [0.25, 0.3) is 0 Å². The largest absolute Gasteiger partial charge is 0.363 e. The van der Waals surface area contributed by atoms with Crippen molar-refractivity contribution >= 4 is 5.82 Å². The Morgan fingerprint density at radius 2 is 2.18 bits per heavy atom. The molecule has 0 saturated carbocycles. The minimum Gasteiger partial charge on any atom is -0.363 e. The molecule has 94 valence electrons. The van der Waals surface area contributed by atoms with Gasteiger partial charge in [-0.1, -0.05) is 6.92 Å². The monoisotopic (exact) mass is 234 g/mol. The summed E-state index contributed by atoms with van der Waals surface area (Å²) in [5, 5.41) is 0. The van der Waals surface area contributed by atoms with Crippen molar-refractivity contribution in [3.63, 3.8) is 0 Å². The zero-order chi connectivity index (χ0) is 12.4. The predicted molar refractivity (Wildman–Crippen MR) is 70.6 cm³/mol. The van der Waals surface area contributed by atoms with E-state index in [1.165, 1.54) is 18.7 Å². The third-order valence-electron chi connectivity index (χ3n) is 3.44. The van der Waals surface area contributed by atoms with Gasteiger partial charge in [-0.05, 0) is 26.4 Å². The number of aryl methyl sites for hydroxylation is 1. The molecule has 17 heavy (non-hydrogen) atoms. The Morgan fingerprint density at radius 1 is 1.41 bits per heavy atom. The Kier molecular flexibility index (Phi) is 3.62. The van der Waals surface area contributed by atoms with E-state index in [0.717, 1.165) is 24.7 Å². The number of rotatable bonds is 3. The maximum atomic E-state index is 4.60. The lowest BCUT2D eigenvalue weighted by Gasteiger charge is -2.16. The number of aromatic nitrogens is 2. The van der Waals surface area contributed by atoms with Gasteiger partial charge in [0, 0.05) is 32.6 Å². The molecule has 0 spiro atoms. The fraction of sp³-hybridized carbons (Fsp3) is 0.692. The van der Waals surface area contributed by atoms with Gasteiger partial charge in [0.05, 0.1) is 5.69 Å². The zero-order valence-electron chi connectivity index (χ0n) is 11.3. The van der Waals surface area contributed by atoms with E-state index in [9.17, 15) is 0 Å². The maximum absolute atomic E-state index is 4.60. The zero-order valence-corrected chi connectivity index (χ0v) is 11.3. The molecule has 1 saturated heterocycles. The molecule has 1 fully saturated rings. The minimum atomic E-state index is 0.579. The number of hydrogen-bond donors (Lipinski definition) is 0. The minimum absolute atomic E-state index is 0.579. The Bertz CT molecular complexity index is 389. The van der Waals surface area contributed by atoms with Gasteiger partial charge >= 0.3 is 0 Å². The number of likely N-dealkylation sites (N-methyl/N-ethyl adjacent to an activating group) is 1. The van der Waals surface area contributed by atoms with Crippen molar-refractivity contribution in [2.75, 3.05) is 38.6 Å². The van der Waals surface area contributed by atoms with Crippen molar-refractivity contribution in [1.82, 2.24) is 14.9 Å². The van der Waals surface area contributed by atoms with Crippen LogP contribution in [0.3, 0.4) is 0 Å². The molecular weight excluding hydrogens is 212 g/mol. The lowest BCUT2D eigenvalue weighted by Crippen LogP contribution is -2.20. The van der Waals surface area contributed by atoms with Gasteiger partial charge in [-0.3, -0.25) is 0 Å². The summed E-state index contributed by atoms with van der Waals surface area (Å²) < 4.78 is 0. The second-order valence-electron chi connectivity index (χ2n) is 4.97. The van der Waals surface area contributed by atoms with Gasteiger partial charge in [-0.25, -0.2) is 9.97 Å². The molecular formula is C13H22N4. The van der Waals surface area contributed by atoms with Gasteiger partial charge in [0.1, 0.15) is 11.6 Å². The summed E-state index contributed by atoms with van der Waals surface area (Å²) in [6, 6.07) is 2.14. The van der Waals surface area contributed by atoms with E-state index in [1.54, 1.807) is 0 Å². The first-order valence-electron chi connectivity index (χ1n) is 6.35. The first-order valence-corrected chi connectivity index (χ1v) is 6.35. The van der Waals surface area contributed by atoms with Crippen molar-refractivity contribution in [2.24, 2.45) is 0 Å². The summed E-state index contributed by atoms with van der Waals surface area (Å²) in [5.74, 6) is 2.47. The summed E-state index contributed by atoms with van der Waals surface area (Å²) in [7, 11) is 4.05. The lowest BCUT2D eigenvalue weighted by atomic mass is 10.0. The molecule has 0 radical (unpaired) electrons. The third-order valence-corrected chi connectivity index (χ3v) is 3.44. The molecule has 4 heteroatoms. The average Bonchev–Trinajstić information content (AvgIpc) is 2.76. The van der Waals surface area contributed by atoms with E-state index in [-0.39, 0.29) is 0 Å². The quantitative estimate of drug-likeness (QED) is 0.796. The van der Waals surface area contributed by atoms with Crippen LogP contribution in [0.15, 0.2) is 6.07 Å². The van der Waals surface area contributed by atoms with Crippen LogP contribution in [0.2, 0.25) is 0 Å². The third kappa shape index (κ3) is 2.75. The van der Waals surface area contributed by atoms with Crippen molar-refractivity contribution in [2.45, 2.75) is 26.2 Å². The highest BCUT2D eigenvalue weighted by Gasteiger charge is 2.24. The second kappa shape index (κ2) is 5.00. The van der Waals surface area contributed by atoms with Crippen LogP contribution in [0, 0.1) is 6.92 Å². The molecule has 1 aliphatic rings. The van der Waals surface area contributed by atoms with Gasteiger partial charge in [-0.15, -0.1) is 0 Å². The molecule has 0 aliphatic carbocycles. The lowest BCUT2D eigenvalue weighted by molar-refractivity contribution is 0.353. The van der Waals surface area contributed by atoms with Crippen LogP contribution in [0.1, 0.15) is 30.8 Å². The van der Waals surface area contributed by atoms with Gasteiger partial charge < -0.3 is 9.80 Å². The van der Waals surface area contributed by atoms with E-state index in [2.05, 4.69) is 27.9 Å². The molecule has 0 amide bonds. The van der Waals surface area contributed by atoms with Crippen LogP contribution in [0.25, 0.3) is 0 Å². The number of nitrogens with zero attached hydrogens (tertiary/aromatic N) is 4. The van der Waals surface area contributed by atoms with Crippen molar-refractivity contribution in [3.05, 3.63) is 17.6 Å². The standard InChI is InChI=1S/C13H22N4/c1-5-17-7-6-11(9-17)12-8-13(16(3)4)15-10(2)14-12/h8,11H,5-7,9H2,1-4H3. The number of anilines is 1. The van der Waals surface area contributed by atoms with Crippen molar-refractivity contribution in [1.29, 1.82) is 0 Å². The fourth-order valence-electron chi connectivity index (χ4n) is 2.37. The molecule has 2 rings (SSSR count). The number of likely N-dealkylation sites (tertiary alicyclic amines) is 1. The van der Waals surface area contributed by atoms with Gasteiger partial charge in [-0.2, -0.15) is 0 Å². The van der Waals surface area contributed by atoms with Gasteiger partial charge in [0.2, 0.25) is 0 Å². The van der Waals surface area contributed by atoms with E-state index in [1.807, 2.05) is 25.9 Å². The molecule has 0 bridgehead atoms. The molecule has 0 N–H and O–H groups in total. The Morgan fingerprint density at radius 3 is 2.76 bits per heavy atom. The summed E-state index contributed by atoms with van der Waals surface area (Å²) >= 11 is 0. The summed E-state index contributed by atoms with van der Waals surface area (Å²) in [4.78, 5) is 13.6. The Labute approximate surface area is 104 Å². The van der Waals surface area contributed by atoms with Crippen LogP contribution in [0.5, 0.6) is 0 Å². The maximum Gasteiger partial charge on any atom is 0.132 e. The van der Waals surface area contributed by atoms with Gasteiger partial charge in [0.15, 0.2) is 0 Å². The van der Waals surface area contributed by atoms with Crippen molar-refractivity contribution in [3.8, 4) is 0 Å². The molecule has 1 unspecified atom stereocenters. The molecule has 0 aromatic carbocycles. The van der Waals surface area contributed by atoms with E-state index < -0.39 is 0 Å². The van der Waals surface area contributed by atoms with Crippen LogP contribution >= 0.6 is 0 Å². The normalized spacial score (nSPS) is 20.8. The van der Waals surface area contributed by atoms with Crippen LogP contribution in [-0.2, 0) is 0 Å². The number of hydrogen-bond acceptors (Lipinski definition) is 4. The van der Waals surface area contributed by atoms with E-state index in [4.69, 9.17) is 0 Å². The highest BCUT2D eigenvalue weighted by molar-refractivity contribution is 5.39. The van der Waals surface area contributed by atoms with E-state index in [0.29, 0.717) is 5.92 Å². The first kappa shape index (κ1) is 12.3. The highest BCUT2D eigenvalue weighted by atomic mass is 15.2. The SMILES string of the molecule is CCN1CCC(c2cc(N(C)C)nc(C)n2)C1. The molecule has 1 atom stereocenters. The van der Waals surface area contributed by atoms with E-state index >= 15 is 0 Å². The summed E-state index contributed by atoms with van der Waals surface area (Å²) in [5.41, 5.74) is 1.21.